The minimum Gasteiger partial charge on any atom is -0.486 e. The highest BCUT2D eigenvalue weighted by atomic mass is 32.2. The lowest BCUT2D eigenvalue weighted by Crippen LogP contribution is -2.31. The maximum absolute atomic E-state index is 12.5. The summed E-state index contributed by atoms with van der Waals surface area (Å²) in [5, 5.41) is 11.7. The van der Waals surface area contributed by atoms with E-state index < -0.39 is 0 Å². The maximum atomic E-state index is 12.5. The van der Waals surface area contributed by atoms with Gasteiger partial charge in [-0.25, -0.2) is 0 Å². The second-order valence-electron chi connectivity index (χ2n) is 5.30. The summed E-state index contributed by atoms with van der Waals surface area (Å²) in [5.74, 6) is 1.92. The molecule has 134 valence electrons. The summed E-state index contributed by atoms with van der Waals surface area (Å²) in [6.45, 7) is 4.30. The van der Waals surface area contributed by atoms with Gasteiger partial charge in [-0.3, -0.25) is 4.79 Å². The number of hydrogen-bond donors (Lipinski definition) is 1. The lowest BCUT2D eigenvalue weighted by molar-refractivity contribution is -0.128. The molecule has 2 heterocycles. The van der Waals surface area contributed by atoms with E-state index in [1.54, 1.807) is 7.05 Å². The number of nitrogens with one attached hydrogen (secondary N) is 1. The number of carbonyl (C=O) groups is 1. The molecule has 9 heteroatoms. The third-order valence-electron chi connectivity index (χ3n) is 3.65. The summed E-state index contributed by atoms with van der Waals surface area (Å²) in [6, 6.07) is 5.82. The van der Waals surface area contributed by atoms with Crippen LogP contribution < -0.4 is 14.8 Å². The van der Waals surface area contributed by atoms with Crippen LogP contribution in [0, 0.1) is 0 Å². The van der Waals surface area contributed by atoms with Crippen molar-refractivity contribution >= 4 is 34.1 Å². The smallest absolute Gasteiger partial charge is 0.233 e. The molecule has 1 aliphatic heterocycles. The normalized spacial score (nSPS) is 12.7. The number of carbonyl (C=O) groups excluding carboxylic acids is 1. The maximum Gasteiger partial charge on any atom is 0.233 e. The Hall–Kier alpha value is -2.00. The fraction of sp³-hybridized carbons (Fsp3) is 0.438. The zero-order valence-electron chi connectivity index (χ0n) is 14.2. The average molecular weight is 380 g/mol. The predicted molar refractivity (Wildman–Crippen MR) is 98.7 cm³/mol. The van der Waals surface area contributed by atoms with Crippen molar-refractivity contribution in [2.45, 2.75) is 17.8 Å². The first-order valence-electron chi connectivity index (χ1n) is 8.00. The number of anilines is 1. The van der Waals surface area contributed by atoms with Crippen LogP contribution in [0.5, 0.6) is 11.5 Å². The van der Waals surface area contributed by atoms with Crippen LogP contribution >= 0.6 is 23.1 Å². The van der Waals surface area contributed by atoms with Crippen molar-refractivity contribution in [1.82, 2.24) is 15.1 Å². The molecule has 0 spiro atoms. The van der Waals surface area contributed by atoms with Crippen molar-refractivity contribution in [3.05, 3.63) is 23.8 Å². The zero-order valence-corrected chi connectivity index (χ0v) is 15.8. The van der Waals surface area contributed by atoms with Crippen molar-refractivity contribution in [3.63, 3.8) is 0 Å². The topological polar surface area (TPSA) is 76.6 Å². The van der Waals surface area contributed by atoms with Crippen LogP contribution in [0.3, 0.4) is 0 Å². The highest BCUT2D eigenvalue weighted by Gasteiger charge is 2.17. The molecule has 0 fully saturated rings. The second kappa shape index (κ2) is 8.39. The quantitative estimate of drug-likeness (QED) is 0.740. The Labute approximate surface area is 154 Å². The number of rotatable bonds is 7. The van der Waals surface area contributed by atoms with Crippen LogP contribution in [0.4, 0.5) is 5.13 Å². The van der Waals surface area contributed by atoms with E-state index in [1.807, 2.05) is 30.0 Å². The predicted octanol–water partition coefficient (Wildman–Crippen LogP) is 2.49. The molecule has 0 saturated heterocycles. The molecule has 0 radical (unpaired) electrons. The van der Waals surface area contributed by atoms with Crippen molar-refractivity contribution in [3.8, 4) is 11.5 Å². The summed E-state index contributed by atoms with van der Waals surface area (Å²) in [6.07, 6.45) is 0. The number of fused-ring (bicyclic) bond motifs is 1. The van der Waals surface area contributed by atoms with Crippen LogP contribution in [0.15, 0.2) is 22.5 Å². The van der Waals surface area contributed by atoms with Gasteiger partial charge in [-0.15, -0.1) is 10.2 Å². The number of ether oxygens (including phenoxy) is 2. The van der Waals surface area contributed by atoms with Gasteiger partial charge < -0.3 is 19.7 Å². The molecule has 25 heavy (non-hydrogen) atoms. The third kappa shape index (κ3) is 4.55. The number of thioether (sulfide) groups is 1. The Balaban J connectivity index is 1.58. The standard InChI is InChI=1S/C16H20N4O3S2/c1-3-20(14(21)10-24-16-19-18-15(17-2)25-16)9-11-4-5-12-13(8-11)23-7-6-22-12/h4-5,8H,3,6-7,9-10H2,1-2H3,(H,17,18). The molecule has 0 aliphatic carbocycles. The Bertz CT molecular complexity index is 738. The Kier molecular flexibility index (Phi) is 5.98. The molecule has 1 aliphatic rings. The molecule has 1 N–H and O–H groups in total. The van der Waals surface area contributed by atoms with Crippen molar-refractivity contribution in [1.29, 1.82) is 0 Å². The van der Waals surface area contributed by atoms with E-state index in [9.17, 15) is 4.79 Å². The first-order chi connectivity index (χ1) is 12.2. The first-order valence-corrected chi connectivity index (χ1v) is 9.80. The summed E-state index contributed by atoms with van der Waals surface area (Å²) in [4.78, 5) is 14.3. The summed E-state index contributed by atoms with van der Waals surface area (Å²) in [5.41, 5.74) is 1.03. The highest BCUT2D eigenvalue weighted by molar-refractivity contribution is 8.01. The van der Waals surface area contributed by atoms with Crippen LogP contribution in [-0.2, 0) is 11.3 Å². The van der Waals surface area contributed by atoms with E-state index in [1.165, 1.54) is 23.1 Å². The van der Waals surface area contributed by atoms with Gasteiger partial charge in [0.2, 0.25) is 11.0 Å². The molecule has 0 unspecified atom stereocenters. The van der Waals surface area contributed by atoms with E-state index >= 15 is 0 Å². The molecule has 1 aromatic heterocycles. The molecule has 0 saturated carbocycles. The highest BCUT2D eigenvalue weighted by Crippen LogP contribution is 2.31. The average Bonchev–Trinajstić information content (AvgIpc) is 3.12. The lowest BCUT2D eigenvalue weighted by atomic mass is 10.2. The van der Waals surface area contributed by atoms with Gasteiger partial charge in [0, 0.05) is 20.1 Å². The van der Waals surface area contributed by atoms with Crippen LogP contribution in [-0.4, -0.2) is 53.6 Å². The Morgan fingerprint density at radius 2 is 2.12 bits per heavy atom. The van der Waals surface area contributed by atoms with Crippen molar-refractivity contribution in [2.24, 2.45) is 0 Å². The first kappa shape index (κ1) is 17.8. The molecule has 0 atom stereocenters. The monoisotopic (exact) mass is 380 g/mol. The SMILES string of the molecule is CCN(Cc1ccc2c(c1)OCCO2)C(=O)CSc1nnc(NC)s1. The van der Waals surface area contributed by atoms with Gasteiger partial charge in [0.05, 0.1) is 5.75 Å². The van der Waals surface area contributed by atoms with Gasteiger partial charge in [-0.2, -0.15) is 0 Å². The fourth-order valence-electron chi connectivity index (χ4n) is 2.37. The van der Waals surface area contributed by atoms with Gasteiger partial charge in [0.25, 0.3) is 0 Å². The molecular weight excluding hydrogens is 360 g/mol. The molecule has 1 amide bonds. The third-order valence-corrected chi connectivity index (χ3v) is 5.71. The van der Waals surface area contributed by atoms with Crippen molar-refractivity contribution in [2.75, 3.05) is 37.9 Å². The van der Waals surface area contributed by atoms with Gasteiger partial charge in [0.1, 0.15) is 13.2 Å². The summed E-state index contributed by atoms with van der Waals surface area (Å²) < 4.78 is 11.9. The van der Waals surface area contributed by atoms with Gasteiger partial charge in [0.15, 0.2) is 15.8 Å². The van der Waals surface area contributed by atoms with Gasteiger partial charge in [-0.1, -0.05) is 29.2 Å². The fourth-order valence-corrected chi connectivity index (χ4v) is 3.97. The van der Waals surface area contributed by atoms with Crippen LogP contribution in [0.2, 0.25) is 0 Å². The Morgan fingerprint density at radius 1 is 1.32 bits per heavy atom. The minimum absolute atomic E-state index is 0.0728. The summed E-state index contributed by atoms with van der Waals surface area (Å²) in [7, 11) is 1.80. The number of benzene rings is 1. The van der Waals surface area contributed by atoms with Crippen molar-refractivity contribution < 1.29 is 14.3 Å². The van der Waals surface area contributed by atoms with Gasteiger partial charge >= 0.3 is 0 Å². The molecular formula is C16H20N4O3S2. The molecule has 1 aromatic carbocycles. The van der Waals surface area contributed by atoms with E-state index in [0.29, 0.717) is 32.1 Å². The van der Waals surface area contributed by atoms with E-state index in [0.717, 1.165) is 26.5 Å². The largest absolute Gasteiger partial charge is 0.486 e. The van der Waals surface area contributed by atoms with Crippen LogP contribution in [0.1, 0.15) is 12.5 Å². The number of hydrogen-bond acceptors (Lipinski definition) is 8. The zero-order chi connectivity index (χ0) is 17.6. The molecule has 7 nitrogen and oxygen atoms in total. The van der Waals surface area contributed by atoms with E-state index in [4.69, 9.17) is 9.47 Å². The molecule has 0 bridgehead atoms. The Morgan fingerprint density at radius 3 is 2.84 bits per heavy atom. The van der Waals surface area contributed by atoms with Crippen LogP contribution in [0.25, 0.3) is 0 Å². The summed E-state index contributed by atoms with van der Waals surface area (Å²) >= 11 is 2.85. The lowest BCUT2D eigenvalue weighted by Gasteiger charge is -2.23. The van der Waals surface area contributed by atoms with Gasteiger partial charge in [-0.05, 0) is 24.6 Å². The molecule has 3 rings (SSSR count). The van der Waals surface area contributed by atoms with E-state index in [-0.39, 0.29) is 5.91 Å². The number of aromatic nitrogens is 2. The molecule has 2 aromatic rings. The number of nitrogens with zero attached hydrogens (tertiary/aromatic N) is 3. The van der Waals surface area contributed by atoms with E-state index in [2.05, 4.69) is 15.5 Å². The number of amides is 1. The minimum atomic E-state index is 0.0728. The second-order valence-corrected chi connectivity index (χ2v) is 7.50.